The standard InChI is InChI=1S/C12H24O2.ClH/c1-4-7-9-11(10-8-5-2)12(13)14-6-3;/h11H,4-10H2,1-3H3;1H. The predicted molar refractivity (Wildman–Crippen MR) is 66.4 cm³/mol. The Balaban J connectivity index is 0. The average Bonchev–Trinajstić information content (AvgIpc) is 2.18. The molecule has 0 saturated heterocycles. The van der Waals surface area contributed by atoms with Gasteiger partial charge in [0.1, 0.15) is 0 Å². The first-order chi connectivity index (χ1) is 6.76. The van der Waals surface area contributed by atoms with Gasteiger partial charge in [0, 0.05) is 0 Å². The predicted octanol–water partition coefficient (Wildman–Crippen LogP) is 3.97. The van der Waals surface area contributed by atoms with E-state index in [4.69, 9.17) is 4.74 Å². The van der Waals surface area contributed by atoms with E-state index in [9.17, 15) is 4.79 Å². The van der Waals surface area contributed by atoms with E-state index >= 15 is 0 Å². The third-order valence-electron chi connectivity index (χ3n) is 2.43. The zero-order valence-electron chi connectivity index (χ0n) is 10.3. The number of esters is 1. The van der Waals surface area contributed by atoms with Crippen molar-refractivity contribution in [1.82, 2.24) is 0 Å². The van der Waals surface area contributed by atoms with Gasteiger partial charge in [0.05, 0.1) is 12.5 Å². The van der Waals surface area contributed by atoms with E-state index in [-0.39, 0.29) is 24.3 Å². The first-order valence-electron chi connectivity index (χ1n) is 5.92. The highest BCUT2D eigenvalue weighted by Gasteiger charge is 2.17. The van der Waals surface area contributed by atoms with Crippen molar-refractivity contribution in [3.8, 4) is 0 Å². The van der Waals surface area contributed by atoms with Gasteiger partial charge in [-0.2, -0.15) is 0 Å². The summed E-state index contributed by atoms with van der Waals surface area (Å²) in [5, 5.41) is 0. The summed E-state index contributed by atoms with van der Waals surface area (Å²) in [5.74, 6) is 0.157. The summed E-state index contributed by atoms with van der Waals surface area (Å²) < 4.78 is 5.06. The lowest BCUT2D eigenvalue weighted by Gasteiger charge is -2.14. The van der Waals surface area contributed by atoms with E-state index in [0.29, 0.717) is 6.61 Å². The van der Waals surface area contributed by atoms with Crippen LogP contribution >= 0.6 is 12.4 Å². The largest absolute Gasteiger partial charge is 0.466 e. The van der Waals surface area contributed by atoms with Crippen LogP contribution in [0.3, 0.4) is 0 Å². The van der Waals surface area contributed by atoms with E-state index in [1.807, 2.05) is 6.92 Å². The van der Waals surface area contributed by atoms with Gasteiger partial charge in [0.25, 0.3) is 0 Å². The zero-order valence-corrected chi connectivity index (χ0v) is 11.1. The molecule has 0 aliphatic heterocycles. The van der Waals surface area contributed by atoms with E-state index in [1.54, 1.807) is 0 Å². The molecular formula is C12H25ClO2. The maximum atomic E-state index is 11.5. The second-order valence-electron chi connectivity index (χ2n) is 3.73. The molecule has 0 amide bonds. The monoisotopic (exact) mass is 236 g/mol. The Labute approximate surface area is 100 Å². The van der Waals surface area contributed by atoms with Gasteiger partial charge in [0.15, 0.2) is 0 Å². The molecule has 92 valence electrons. The third kappa shape index (κ3) is 8.73. The van der Waals surface area contributed by atoms with Gasteiger partial charge >= 0.3 is 5.97 Å². The Bertz CT molecular complexity index is 141. The molecule has 0 aliphatic rings. The summed E-state index contributed by atoms with van der Waals surface area (Å²) in [6.45, 7) is 6.69. The lowest BCUT2D eigenvalue weighted by molar-refractivity contribution is -0.148. The summed E-state index contributed by atoms with van der Waals surface area (Å²) in [6.07, 6.45) is 6.56. The normalized spacial score (nSPS) is 9.87. The number of hydrogen-bond acceptors (Lipinski definition) is 2. The molecule has 0 spiro atoms. The molecule has 0 rings (SSSR count). The molecule has 0 fully saturated rings. The Kier molecular flexibility index (Phi) is 13.5. The van der Waals surface area contributed by atoms with Crippen LogP contribution in [-0.2, 0) is 9.53 Å². The van der Waals surface area contributed by atoms with Crippen LogP contribution in [0.4, 0.5) is 0 Å². The molecule has 0 N–H and O–H groups in total. The average molecular weight is 237 g/mol. The Morgan fingerprint density at radius 1 is 1.07 bits per heavy atom. The summed E-state index contributed by atoms with van der Waals surface area (Å²) in [6, 6.07) is 0. The van der Waals surface area contributed by atoms with Gasteiger partial charge in [-0.15, -0.1) is 12.4 Å². The molecule has 0 radical (unpaired) electrons. The topological polar surface area (TPSA) is 26.3 Å². The van der Waals surface area contributed by atoms with E-state index < -0.39 is 0 Å². The van der Waals surface area contributed by atoms with Gasteiger partial charge in [-0.1, -0.05) is 39.5 Å². The molecule has 0 aromatic heterocycles. The molecule has 0 saturated carbocycles. The van der Waals surface area contributed by atoms with Crippen molar-refractivity contribution in [2.24, 2.45) is 5.92 Å². The number of halogens is 1. The van der Waals surface area contributed by atoms with Gasteiger partial charge < -0.3 is 4.74 Å². The molecule has 0 aromatic carbocycles. The molecule has 0 aliphatic carbocycles. The molecular weight excluding hydrogens is 212 g/mol. The van der Waals surface area contributed by atoms with Crippen molar-refractivity contribution < 1.29 is 9.53 Å². The number of ether oxygens (including phenoxy) is 1. The van der Waals surface area contributed by atoms with Crippen LogP contribution in [0.1, 0.15) is 59.3 Å². The highest BCUT2D eigenvalue weighted by Crippen LogP contribution is 2.17. The van der Waals surface area contributed by atoms with Crippen LogP contribution in [0.15, 0.2) is 0 Å². The second kappa shape index (κ2) is 11.8. The number of hydrogen-bond donors (Lipinski definition) is 0. The zero-order chi connectivity index (χ0) is 10.8. The van der Waals surface area contributed by atoms with Crippen molar-refractivity contribution >= 4 is 18.4 Å². The molecule has 0 bridgehead atoms. The van der Waals surface area contributed by atoms with Crippen LogP contribution in [-0.4, -0.2) is 12.6 Å². The summed E-state index contributed by atoms with van der Waals surface area (Å²) >= 11 is 0. The molecule has 0 heterocycles. The van der Waals surface area contributed by atoms with Crippen LogP contribution < -0.4 is 0 Å². The Morgan fingerprint density at radius 3 is 1.87 bits per heavy atom. The first kappa shape index (κ1) is 17.2. The number of carbonyl (C=O) groups is 1. The van der Waals surface area contributed by atoms with Crippen molar-refractivity contribution in [2.45, 2.75) is 59.3 Å². The van der Waals surface area contributed by atoms with Crippen LogP contribution in [0, 0.1) is 5.92 Å². The second-order valence-corrected chi connectivity index (χ2v) is 3.73. The van der Waals surface area contributed by atoms with Gasteiger partial charge in [-0.05, 0) is 19.8 Å². The van der Waals surface area contributed by atoms with Gasteiger partial charge in [-0.25, -0.2) is 0 Å². The first-order valence-corrected chi connectivity index (χ1v) is 5.92. The molecule has 0 atom stereocenters. The minimum absolute atomic E-state index is 0. The van der Waals surface area contributed by atoms with Crippen molar-refractivity contribution in [3.63, 3.8) is 0 Å². The molecule has 0 aromatic rings. The smallest absolute Gasteiger partial charge is 0.308 e. The minimum Gasteiger partial charge on any atom is -0.466 e. The van der Waals surface area contributed by atoms with Gasteiger partial charge in [0.2, 0.25) is 0 Å². The maximum absolute atomic E-state index is 11.5. The third-order valence-corrected chi connectivity index (χ3v) is 2.43. The number of carbonyl (C=O) groups excluding carboxylic acids is 1. The summed E-state index contributed by atoms with van der Waals surface area (Å²) in [4.78, 5) is 11.5. The lowest BCUT2D eigenvalue weighted by Crippen LogP contribution is -2.17. The Morgan fingerprint density at radius 2 is 1.53 bits per heavy atom. The SMILES string of the molecule is CCCCC(CCCC)C(=O)OCC.Cl. The number of rotatable bonds is 8. The van der Waals surface area contributed by atoms with E-state index in [2.05, 4.69) is 13.8 Å². The van der Waals surface area contributed by atoms with Crippen LogP contribution in [0.2, 0.25) is 0 Å². The number of unbranched alkanes of at least 4 members (excludes halogenated alkanes) is 2. The molecule has 2 nitrogen and oxygen atoms in total. The van der Waals surface area contributed by atoms with E-state index in [0.717, 1.165) is 38.5 Å². The fourth-order valence-electron chi connectivity index (χ4n) is 1.54. The molecule has 15 heavy (non-hydrogen) atoms. The highest BCUT2D eigenvalue weighted by atomic mass is 35.5. The molecule has 0 unspecified atom stereocenters. The van der Waals surface area contributed by atoms with E-state index in [1.165, 1.54) is 0 Å². The van der Waals surface area contributed by atoms with Crippen LogP contribution in [0.5, 0.6) is 0 Å². The van der Waals surface area contributed by atoms with Crippen molar-refractivity contribution in [1.29, 1.82) is 0 Å². The van der Waals surface area contributed by atoms with Crippen molar-refractivity contribution in [2.75, 3.05) is 6.61 Å². The maximum Gasteiger partial charge on any atom is 0.308 e. The van der Waals surface area contributed by atoms with Gasteiger partial charge in [-0.3, -0.25) is 4.79 Å². The molecule has 3 heteroatoms. The highest BCUT2D eigenvalue weighted by molar-refractivity contribution is 5.85. The summed E-state index contributed by atoms with van der Waals surface area (Å²) in [7, 11) is 0. The minimum atomic E-state index is 0. The fourth-order valence-corrected chi connectivity index (χ4v) is 1.54. The van der Waals surface area contributed by atoms with Crippen LogP contribution in [0.25, 0.3) is 0 Å². The fraction of sp³-hybridized carbons (Fsp3) is 0.917. The summed E-state index contributed by atoms with van der Waals surface area (Å²) in [5.41, 5.74) is 0. The lowest BCUT2D eigenvalue weighted by atomic mass is 9.96. The quantitative estimate of drug-likeness (QED) is 0.596. The Hall–Kier alpha value is -0.240. The van der Waals surface area contributed by atoms with Crippen molar-refractivity contribution in [3.05, 3.63) is 0 Å².